The standard InChI is InChI=1S/C25H34N4O5S.C20H26N4O3S/c1-24(2,3)28-35(32,33)20-12-8-7-10-18(20)17-13-14-21(26-16-17)27-22(30)19-11-9-15-29(19)23(31)34-25(4,5)6;1-20(2,3)24-28(26,27)17-9-5-4-7-15(17)14-10-11-18(22-13-14)23-19(25)16-8-6-12-21-16/h7-8,10,12-14,16,19,28H,9,11,15H2,1-6H3,(H,26,27,30);4-5,7,9-11,13,16,21,24H,6,8,12H2,1-3H3,(H,22,23,25). The molecule has 6 rings (SSSR count). The summed E-state index contributed by atoms with van der Waals surface area (Å²) in [7, 11) is -7.45. The maximum atomic E-state index is 12.9. The smallest absolute Gasteiger partial charge is 0.410 e. The molecule has 63 heavy (non-hydrogen) atoms. The van der Waals surface area contributed by atoms with E-state index in [1.54, 1.807) is 141 Å². The predicted molar refractivity (Wildman–Crippen MR) is 244 cm³/mol. The van der Waals surface area contributed by atoms with Crippen LogP contribution in [0.15, 0.2) is 95.0 Å². The number of sulfonamides is 2. The lowest BCUT2D eigenvalue weighted by Crippen LogP contribution is -2.45. The van der Waals surface area contributed by atoms with E-state index in [4.69, 9.17) is 4.74 Å². The van der Waals surface area contributed by atoms with E-state index in [1.807, 2.05) is 0 Å². The number of hydrogen-bond donors (Lipinski definition) is 5. The average Bonchev–Trinajstić information content (AvgIpc) is 3.91. The third-order valence-electron chi connectivity index (χ3n) is 9.45. The Morgan fingerprint density at radius 2 is 1.13 bits per heavy atom. The van der Waals surface area contributed by atoms with Gasteiger partial charge in [0.25, 0.3) is 0 Å². The summed E-state index contributed by atoms with van der Waals surface area (Å²) >= 11 is 0. The second kappa shape index (κ2) is 19.6. The molecule has 2 aromatic heterocycles. The van der Waals surface area contributed by atoms with Crippen LogP contribution in [0.3, 0.4) is 0 Å². The second-order valence-corrected chi connectivity index (χ2v) is 21.8. The van der Waals surface area contributed by atoms with Crippen molar-refractivity contribution in [2.75, 3.05) is 23.7 Å². The molecule has 0 spiro atoms. The molecule has 4 heterocycles. The summed E-state index contributed by atoms with van der Waals surface area (Å²) in [5, 5.41) is 8.69. The van der Waals surface area contributed by atoms with E-state index in [0.29, 0.717) is 53.3 Å². The van der Waals surface area contributed by atoms with E-state index in [2.05, 4.69) is 35.4 Å². The van der Waals surface area contributed by atoms with Crippen molar-refractivity contribution in [2.45, 2.75) is 127 Å². The number of likely N-dealkylation sites (tertiary alicyclic amines) is 1. The van der Waals surface area contributed by atoms with Gasteiger partial charge in [0.15, 0.2) is 0 Å². The molecular weight excluding hydrogens is 845 g/mol. The van der Waals surface area contributed by atoms with Gasteiger partial charge >= 0.3 is 6.09 Å². The number of nitrogens with one attached hydrogen (secondary N) is 5. The van der Waals surface area contributed by atoms with Crippen molar-refractivity contribution in [2.24, 2.45) is 0 Å². The lowest BCUT2D eigenvalue weighted by Gasteiger charge is -2.27. The number of carbonyl (C=O) groups is 3. The molecule has 0 aliphatic carbocycles. The van der Waals surface area contributed by atoms with Crippen LogP contribution in [0.25, 0.3) is 22.3 Å². The number of ether oxygens (including phenoxy) is 1. The Hall–Kier alpha value is -5.27. The highest BCUT2D eigenvalue weighted by atomic mass is 32.2. The predicted octanol–water partition coefficient (Wildman–Crippen LogP) is 6.68. The molecule has 2 aliphatic rings. The normalized spacial score (nSPS) is 17.1. The summed E-state index contributed by atoms with van der Waals surface area (Å²) < 4.78 is 62.3. The van der Waals surface area contributed by atoms with Crippen LogP contribution in [-0.4, -0.2) is 91.5 Å². The zero-order valence-corrected chi connectivity index (χ0v) is 39.0. The Labute approximate surface area is 371 Å². The number of pyridine rings is 2. The Morgan fingerprint density at radius 1 is 0.651 bits per heavy atom. The third-order valence-corrected chi connectivity index (χ3v) is 13.1. The van der Waals surface area contributed by atoms with Crippen LogP contribution >= 0.6 is 0 Å². The lowest BCUT2D eigenvalue weighted by molar-refractivity contribution is -0.120. The molecule has 340 valence electrons. The number of amides is 3. The highest BCUT2D eigenvalue weighted by Crippen LogP contribution is 2.30. The van der Waals surface area contributed by atoms with Crippen molar-refractivity contribution in [1.82, 2.24) is 29.6 Å². The van der Waals surface area contributed by atoms with E-state index < -0.39 is 48.9 Å². The molecule has 4 aromatic rings. The van der Waals surface area contributed by atoms with Crippen molar-refractivity contribution in [3.8, 4) is 22.3 Å². The SMILES string of the molecule is CC(C)(C)NS(=O)(=O)c1ccccc1-c1ccc(NC(=O)C2CCCN2)nc1.CC(C)(C)NS(=O)(=O)c1ccccc1-c1ccc(NC(=O)C2CCCN2C(=O)OC(C)(C)C)nc1. The van der Waals surface area contributed by atoms with Gasteiger partial charge in [-0.3, -0.25) is 14.5 Å². The second-order valence-electron chi connectivity index (χ2n) is 18.5. The Kier molecular flexibility index (Phi) is 15.2. The highest BCUT2D eigenvalue weighted by Gasteiger charge is 2.37. The van der Waals surface area contributed by atoms with Gasteiger partial charge in [-0.1, -0.05) is 36.4 Å². The molecule has 0 saturated carbocycles. The summed E-state index contributed by atoms with van der Waals surface area (Å²) in [5.74, 6) is 0.305. The largest absolute Gasteiger partial charge is 0.444 e. The summed E-state index contributed by atoms with van der Waals surface area (Å²) in [6.45, 7) is 17.4. The van der Waals surface area contributed by atoms with Crippen LogP contribution in [0.5, 0.6) is 0 Å². The number of aromatic nitrogens is 2. The Balaban J connectivity index is 0.000000243. The zero-order valence-electron chi connectivity index (χ0n) is 37.4. The molecule has 16 nitrogen and oxygen atoms in total. The van der Waals surface area contributed by atoms with Crippen LogP contribution < -0.4 is 25.4 Å². The van der Waals surface area contributed by atoms with Crippen LogP contribution in [-0.2, 0) is 34.4 Å². The van der Waals surface area contributed by atoms with Crippen LogP contribution in [0, 0.1) is 0 Å². The van der Waals surface area contributed by atoms with Crippen molar-refractivity contribution >= 4 is 49.6 Å². The molecule has 18 heteroatoms. The maximum Gasteiger partial charge on any atom is 0.410 e. The van der Waals surface area contributed by atoms with Crippen LogP contribution in [0.4, 0.5) is 16.4 Å². The minimum Gasteiger partial charge on any atom is -0.444 e. The fraction of sp³-hybridized carbons (Fsp3) is 0.444. The number of nitrogens with zero attached hydrogens (tertiary/aromatic N) is 3. The molecule has 2 saturated heterocycles. The fourth-order valence-corrected chi connectivity index (χ4v) is 10.3. The first-order valence-electron chi connectivity index (χ1n) is 20.9. The van der Waals surface area contributed by atoms with Gasteiger partial charge in [0.05, 0.1) is 15.8 Å². The Bertz CT molecular complexity index is 2470. The third kappa shape index (κ3) is 13.9. The molecular formula is C45H60N8O8S2. The van der Waals surface area contributed by atoms with Gasteiger partial charge in [0.1, 0.15) is 23.3 Å². The minimum atomic E-state index is -3.76. The summed E-state index contributed by atoms with van der Waals surface area (Å²) in [5.41, 5.74) is 0.437. The van der Waals surface area contributed by atoms with Crippen molar-refractivity contribution in [3.05, 3.63) is 85.2 Å². The fourth-order valence-electron chi connectivity index (χ4n) is 6.96. The summed E-state index contributed by atoms with van der Waals surface area (Å²) in [6, 6.07) is 19.4. The van der Waals surface area contributed by atoms with E-state index in [1.165, 1.54) is 11.1 Å². The van der Waals surface area contributed by atoms with Gasteiger partial charge < -0.3 is 20.7 Å². The number of rotatable bonds is 10. The maximum absolute atomic E-state index is 12.9. The topological polar surface area (TPSA) is 218 Å². The number of carbonyl (C=O) groups excluding carboxylic acids is 3. The van der Waals surface area contributed by atoms with E-state index in [0.717, 1.165) is 19.4 Å². The first kappa shape index (κ1) is 48.8. The molecule has 0 radical (unpaired) electrons. The number of hydrogen-bond acceptors (Lipinski definition) is 11. The van der Waals surface area contributed by atoms with Gasteiger partial charge in [-0.15, -0.1) is 0 Å². The van der Waals surface area contributed by atoms with Crippen molar-refractivity contribution < 1.29 is 36.0 Å². The first-order valence-corrected chi connectivity index (χ1v) is 23.8. The van der Waals surface area contributed by atoms with Gasteiger partial charge in [-0.05, 0) is 131 Å². The average molecular weight is 905 g/mol. The number of benzene rings is 2. The monoisotopic (exact) mass is 904 g/mol. The quantitative estimate of drug-likeness (QED) is 0.113. The van der Waals surface area contributed by atoms with Crippen LogP contribution in [0.1, 0.15) is 88.0 Å². The Morgan fingerprint density at radius 3 is 1.54 bits per heavy atom. The summed E-state index contributed by atoms with van der Waals surface area (Å²) in [6.07, 6.45) is 5.62. The zero-order chi connectivity index (χ0) is 46.4. The van der Waals surface area contributed by atoms with Crippen molar-refractivity contribution in [3.63, 3.8) is 0 Å². The molecule has 5 N–H and O–H groups in total. The molecule has 2 atom stereocenters. The van der Waals surface area contributed by atoms with Gasteiger partial charge in [-0.2, -0.15) is 0 Å². The van der Waals surface area contributed by atoms with Crippen molar-refractivity contribution in [1.29, 1.82) is 0 Å². The van der Waals surface area contributed by atoms with E-state index in [-0.39, 0.29) is 27.6 Å². The molecule has 0 bridgehead atoms. The molecule has 3 amide bonds. The highest BCUT2D eigenvalue weighted by molar-refractivity contribution is 7.90. The van der Waals surface area contributed by atoms with Crippen LogP contribution in [0.2, 0.25) is 0 Å². The molecule has 2 aromatic carbocycles. The van der Waals surface area contributed by atoms with Gasteiger partial charge in [0, 0.05) is 52.3 Å². The van der Waals surface area contributed by atoms with E-state index in [9.17, 15) is 31.2 Å². The minimum absolute atomic E-state index is 0.102. The lowest BCUT2D eigenvalue weighted by atomic mass is 10.1. The number of anilines is 2. The van der Waals surface area contributed by atoms with Gasteiger partial charge in [0.2, 0.25) is 31.9 Å². The molecule has 2 unspecified atom stereocenters. The van der Waals surface area contributed by atoms with E-state index >= 15 is 0 Å². The van der Waals surface area contributed by atoms with Gasteiger partial charge in [-0.25, -0.2) is 41.0 Å². The molecule has 2 aliphatic heterocycles. The summed E-state index contributed by atoms with van der Waals surface area (Å²) in [4.78, 5) is 47.9. The molecule has 2 fully saturated rings. The first-order chi connectivity index (χ1) is 29.3.